The van der Waals surface area contributed by atoms with E-state index in [-0.39, 0.29) is 18.2 Å². The van der Waals surface area contributed by atoms with Gasteiger partial charge in [-0.2, -0.15) is 0 Å². The third-order valence-electron chi connectivity index (χ3n) is 4.58. The summed E-state index contributed by atoms with van der Waals surface area (Å²) >= 11 is 0. The number of aryl methyl sites for hydroxylation is 3. The SMILES string of the molecule is Cc1cc(-c2ccc(-c3cn4c(n3)CCCC4)cc2)ccc1F.Cl. The number of aromatic nitrogens is 2. The first kappa shape index (κ1) is 16.7. The average Bonchev–Trinajstić information content (AvgIpc) is 3.02. The molecule has 0 saturated heterocycles. The average molecular weight is 343 g/mol. The third-order valence-corrected chi connectivity index (χ3v) is 4.58. The van der Waals surface area contributed by atoms with Crippen LogP contribution in [0.3, 0.4) is 0 Å². The van der Waals surface area contributed by atoms with Gasteiger partial charge >= 0.3 is 0 Å². The second-order valence-corrected chi connectivity index (χ2v) is 6.23. The number of rotatable bonds is 2. The normalized spacial score (nSPS) is 13.2. The Labute approximate surface area is 147 Å². The molecule has 0 saturated carbocycles. The summed E-state index contributed by atoms with van der Waals surface area (Å²) in [5.74, 6) is 1.04. The van der Waals surface area contributed by atoms with Gasteiger partial charge in [-0.05, 0) is 48.6 Å². The van der Waals surface area contributed by atoms with E-state index in [0.29, 0.717) is 5.56 Å². The molecule has 2 aromatic carbocycles. The van der Waals surface area contributed by atoms with Crippen LogP contribution in [0.25, 0.3) is 22.4 Å². The first-order valence-electron chi connectivity index (χ1n) is 8.14. The van der Waals surface area contributed by atoms with Crippen molar-refractivity contribution < 1.29 is 4.39 Å². The predicted molar refractivity (Wildman–Crippen MR) is 98.0 cm³/mol. The van der Waals surface area contributed by atoms with E-state index in [9.17, 15) is 4.39 Å². The highest BCUT2D eigenvalue weighted by Crippen LogP contribution is 2.27. The van der Waals surface area contributed by atoms with Crippen molar-refractivity contribution in [3.05, 3.63) is 65.9 Å². The second kappa shape index (κ2) is 6.78. The van der Waals surface area contributed by atoms with Crippen molar-refractivity contribution in [3.63, 3.8) is 0 Å². The summed E-state index contributed by atoms with van der Waals surface area (Å²) in [5, 5.41) is 0. The standard InChI is InChI=1S/C20H19FN2.ClH/c1-14-12-17(9-10-18(14)21)15-5-7-16(8-6-15)19-13-23-11-3-2-4-20(23)22-19;/h5-10,12-13H,2-4,11H2,1H3;1H. The molecule has 0 fully saturated rings. The van der Waals surface area contributed by atoms with E-state index in [2.05, 4.69) is 35.0 Å². The molecule has 1 aliphatic heterocycles. The van der Waals surface area contributed by atoms with Gasteiger partial charge < -0.3 is 4.57 Å². The predicted octanol–water partition coefficient (Wildman–Crippen LogP) is 5.42. The first-order valence-corrected chi connectivity index (χ1v) is 8.14. The maximum Gasteiger partial charge on any atom is 0.126 e. The molecule has 124 valence electrons. The molecule has 0 aliphatic carbocycles. The van der Waals surface area contributed by atoms with E-state index in [1.54, 1.807) is 6.92 Å². The highest BCUT2D eigenvalue weighted by Gasteiger charge is 2.13. The number of halogens is 2. The Morgan fingerprint density at radius 1 is 0.958 bits per heavy atom. The molecule has 0 atom stereocenters. The van der Waals surface area contributed by atoms with Gasteiger partial charge in [0.2, 0.25) is 0 Å². The zero-order valence-corrected chi connectivity index (χ0v) is 14.4. The van der Waals surface area contributed by atoms with E-state index < -0.39 is 0 Å². The lowest BCUT2D eigenvalue weighted by atomic mass is 10.0. The van der Waals surface area contributed by atoms with Crippen LogP contribution in [-0.2, 0) is 13.0 Å². The number of nitrogens with zero attached hydrogens (tertiary/aromatic N) is 2. The lowest BCUT2D eigenvalue weighted by molar-refractivity contribution is 0.522. The fourth-order valence-corrected chi connectivity index (χ4v) is 3.21. The topological polar surface area (TPSA) is 17.8 Å². The van der Waals surface area contributed by atoms with Gasteiger partial charge in [0.05, 0.1) is 5.69 Å². The van der Waals surface area contributed by atoms with Crippen LogP contribution >= 0.6 is 12.4 Å². The molecule has 2 heterocycles. The van der Waals surface area contributed by atoms with Gasteiger partial charge in [0.15, 0.2) is 0 Å². The van der Waals surface area contributed by atoms with Gasteiger partial charge in [-0.15, -0.1) is 12.4 Å². The van der Waals surface area contributed by atoms with E-state index in [4.69, 9.17) is 4.98 Å². The van der Waals surface area contributed by atoms with E-state index >= 15 is 0 Å². The van der Waals surface area contributed by atoms with Crippen LogP contribution in [0, 0.1) is 12.7 Å². The van der Waals surface area contributed by atoms with Crippen LogP contribution in [0.5, 0.6) is 0 Å². The summed E-state index contributed by atoms with van der Waals surface area (Å²) in [4.78, 5) is 4.76. The Morgan fingerprint density at radius 3 is 2.38 bits per heavy atom. The number of benzene rings is 2. The summed E-state index contributed by atoms with van der Waals surface area (Å²) in [7, 11) is 0. The van der Waals surface area contributed by atoms with Gasteiger partial charge in [0, 0.05) is 24.7 Å². The summed E-state index contributed by atoms with van der Waals surface area (Å²) in [5.41, 5.74) is 4.99. The molecule has 0 spiro atoms. The highest BCUT2D eigenvalue weighted by atomic mass is 35.5. The van der Waals surface area contributed by atoms with Crippen molar-refractivity contribution in [2.45, 2.75) is 32.7 Å². The number of hydrogen-bond acceptors (Lipinski definition) is 1. The zero-order valence-electron chi connectivity index (χ0n) is 13.6. The fourth-order valence-electron chi connectivity index (χ4n) is 3.21. The van der Waals surface area contributed by atoms with Crippen LogP contribution in [0.4, 0.5) is 4.39 Å². The van der Waals surface area contributed by atoms with Crippen molar-refractivity contribution in [1.82, 2.24) is 9.55 Å². The van der Waals surface area contributed by atoms with E-state index in [1.807, 2.05) is 12.1 Å². The molecule has 0 unspecified atom stereocenters. The van der Waals surface area contributed by atoms with Crippen molar-refractivity contribution in [2.24, 2.45) is 0 Å². The molecule has 4 heteroatoms. The minimum atomic E-state index is -0.158. The lowest BCUT2D eigenvalue weighted by Crippen LogP contribution is -2.08. The van der Waals surface area contributed by atoms with Crippen LogP contribution < -0.4 is 0 Å². The molecule has 24 heavy (non-hydrogen) atoms. The van der Waals surface area contributed by atoms with Crippen molar-refractivity contribution in [3.8, 4) is 22.4 Å². The molecule has 1 aromatic heterocycles. The zero-order chi connectivity index (χ0) is 15.8. The summed E-state index contributed by atoms with van der Waals surface area (Å²) in [6, 6.07) is 13.6. The Bertz CT molecular complexity index is 829. The molecule has 4 rings (SSSR count). The van der Waals surface area contributed by atoms with Gasteiger partial charge in [-0.3, -0.25) is 0 Å². The van der Waals surface area contributed by atoms with Crippen molar-refractivity contribution in [2.75, 3.05) is 0 Å². The molecule has 1 aliphatic rings. The van der Waals surface area contributed by atoms with Gasteiger partial charge in [-0.1, -0.05) is 30.3 Å². The largest absolute Gasteiger partial charge is 0.334 e. The molecule has 2 nitrogen and oxygen atoms in total. The molecule has 0 amide bonds. The Hall–Kier alpha value is -2.13. The molecule has 0 N–H and O–H groups in total. The van der Waals surface area contributed by atoms with Crippen molar-refractivity contribution in [1.29, 1.82) is 0 Å². The minimum absolute atomic E-state index is 0. The smallest absolute Gasteiger partial charge is 0.126 e. The molecular formula is C20H20ClFN2. The lowest BCUT2D eigenvalue weighted by Gasteiger charge is -2.11. The van der Waals surface area contributed by atoms with E-state index in [1.165, 1.54) is 24.7 Å². The Kier molecular flexibility index (Phi) is 4.72. The van der Waals surface area contributed by atoms with Crippen LogP contribution in [0.15, 0.2) is 48.7 Å². The summed E-state index contributed by atoms with van der Waals surface area (Å²) in [6.07, 6.45) is 5.71. The van der Waals surface area contributed by atoms with E-state index in [0.717, 1.165) is 35.3 Å². The minimum Gasteiger partial charge on any atom is -0.334 e. The quantitative estimate of drug-likeness (QED) is 0.607. The number of imidazole rings is 1. The second-order valence-electron chi connectivity index (χ2n) is 6.23. The first-order chi connectivity index (χ1) is 11.2. The molecule has 0 bridgehead atoms. The monoisotopic (exact) mass is 342 g/mol. The van der Waals surface area contributed by atoms with Crippen LogP contribution in [0.2, 0.25) is 0 Å². The van der Waals surface area contributed by atoms with Crippen molar-refractivity contribution >= 4 is 12.4 Å². The third kappa shape index (κ3) is 3.09. The van der Waals surface area contributed by atoms with Crippen LogP contribution in [-0.4, -0.2) is 9.55 Å². The Balaban J connectivity index is 0.00000169. The fraction of sp³-hybridized carbons (Fsp3) is 0.250. The number of fused-ring (bicyclic) bond motifs is 1. The number of hydrogen-bond donors (Lipinski definition) is 0. The van der Waals surface area contributed by atoms with Gasteiger partial charge in [-0.25, -0.2) is 9.37 Å². The summed E-state index contributed by atoms with van der Waals surface area (Å²) in [6.45, 7) is 2.87. The maximum absolute atomic E-state index is 13.4. The molecular weight excluding hydrogens is 323 g/mol. The molecule has 3 aromatic rings. The maximum atomic E-state index is 13.4. The Morgan fingerprint density at radius 2 is 1.67 bits per heavy atom. The van der Waals surface area contributed by atoms with Gasteiger partial charge in [0.25, 0.3) is 0 Å². The van der Waals surface area contributed by atoms with Gasteiger partial charge in [0.1, 0.15) is 11.6 Å². The highest BCUT2D eigenvalue weighted by molar-refractivity contribution is 5.85. The molecule has 0 radical (unpaired) electrons. The summed E-state index contributed by atoms with van der Waals surface area (Å²) < 4.78 is 15.7. The van der Waals surface area contributed by atoms with Crippen LogP contribution in [0.1, 0.15) is 24.2 Å².